The van der Waals surface area contributed by atoms with Crippen molar-refractivity contribution in [1.29, 1.82) is 0 Å². The van der Waals surface area contributed by atoms with Gasteiger partial charge in [-0.3, -0.25) is 0 Å². The Morgan fingerprint density at radius 2 is 2.14 bits per heavy atom. The van der Waals surface area contributed by atoms with Crippen molar-refractivity contribution in [3.05, 3.63) is 29.3 Å². The molecule has 1 aromatic rings. The molecule has 0 aliphatic rings. The van der Waals surface area contributed by atoms with Gasteiger partial charge in [-0.2, -0.15) is 0 Å². The zero-order valence-electron chi connectivity index (χ0n) is 8.96. The second-order valence-corrected chi connectivity index (χ2v) is 4.02. The van der Waals surface area contributed by atoms with Crippen LogP contribution >= 0.6 is 0 Å². The molecule has 0 saturated carbocycles. The van der Waals surface area contributed by atoms with Crippen molar-refractivity contribution in [2.45, 2.75) is 26.7 Å². The van der Waals surface area contributed by atoms with Crippen molar-refractivity contribution in [3.8, 4) is 5.75 Å². The standard InChI is InChI=1S/C12H19NO/c1-9-3-4-12(14)11(7-9)8-10(2)5-6-13/h3-4,7,10,14H,5-6,8,13H2,1-2H3. The number of hydrogen-bond donors (Lipinski definition) is 2. The Bertz CT molecular complexity index is 296. The number of phenols is 1. The number of nitrogens with two attached hydrogens (primary N) is 1. The van der Waals surface area contributed by atoms with Gasteiger partial charge in [-0.05, 0) is 43.9 Å². The lowest BCUT2D eigenvalue weighted by Gasteiger charge is -2.11. The van der Waals surface area contributed by atoms with Crippen molar-refractivity contribution in [2.75, 3.05) is 6.54 Å². The summed E-state index contributed by atoms with van der Waals surface area (Å²) in [4.78, 5) is 0. The maximum Gasteiger partial charge on any atom is 0.118 e. The third kappa shape index (κ3) is 3.04. The highest BCUT2D eigenvalue weighted by atomic mass is 16.3. The van der Waals surface area contributed by atoms with E-state index in [1.807, 2.05) is 19.1 Å². The molecule has 0 bridgehead atoms. The normalized spacial score (nSPS) is 12.8. The van der Waals surface area contributed by atoms with Crippen LogP contribution in [0.4, 0.5) is 0 Å². The molecule has 0 heterocycles. The van der Waals surface area contributed by atoms with Crippen LogP contribution in [-0.2, 0) is 6.42 Å². The smallest absolute Gasteiger partial charge is 0.118 e. The molecule has 0 spiro atoms. The summed E-state index contributed by atoms with van der Waals surface area (Å²) in [5.41, 5.74) is 7.71. The molecule has 3 N–H and O–H groups in total. The van der Waals surface area contributed by atoms with E-state index in [4.69, 9.17) is 5.73 Å². The van der Waals surface area contributed by atoms with Gasteiger partial charge in [0.25, 0.3) is 0 Å². The van der Waals surface area contributed by atoms with Gasteiger partial charge in [0.15, 0.2) is 0 Å². The molecule has 0 radical (unpaired) electrons. The van der Waals surface area contributed by atoms with E-state index < -0.39 is 0 Å². The molecule has 2 nitrogen and oxygen atoms in total. The molecule has 0 aliphatic heterocycles. The fraction of sp³-hybridized carbons (Fsp3) is 0.500. The van der Waals surface area contributed by atoms with Gasteiger partial charge in [0, 0.05) is 0 Å². The van der Waals surface area contributed by atoms with Crippen LogP contribution in [0.5, 0.6) is 5.75 Å². The van der Waals surface area contributed by atoms with E-state index >= 15 is 0 Å². The molecule has 1 unspecified atom stereocenters. The van der Waals surface area contributed by atoms with Gasteiger partial charge >= 0.3 is 0 Å². The van der Waals surface area contributed by atoms with E-state index in [9.17, 15) is 5.11 Å². The molecule has 0 amide bonds. The van der Waals surface area contributed by atoms with Crippen LogP contribution in [0.2, 0.25) is 0 Å². The molecule has 1 rings (SSSR count). The summed E-state index contributed by atoms with van der Waals surface area (Å²) < 4.78 is 0. The number of aryl methyl sites for hydroxylation is 1. The molecule has 0 fully saturated rings. The lowest BCUT2D eigenvalue weighted by atomic mass is 9.96. The summed E-state index contributed by atoms with van der Waals surface area (Å²) in [5, 5.41) is 9.62. The number of aromatic hydroxyl groups is 1. The Morgan fingerprint density at radius 1 is 1.43 bits per heavy atom. The average molecular weight is 193 g/mol. The summed E-state index contributed by atoms with van der Waals surface area (Å²) in [6.45, 7) is 4.92. The SMILES string of the molecule is Cc1ccc(O)c(CC(C)CCN)c1. The number of benzene rings is 1. The molecular weight excluding hydrogens is 174 g/mol. The molecular formula is C12H19NO. The van der Waals surface area contributed by atoms with E-state index in [-0.39, 0.29) is 0 Å². The predicted octanol–water partition coefficient (Wildman–Crippen LogP) is 2.23. The predicted molar refractivity (Wildman–Crippen MR) is 59.4 cm³/mol. The Morgan fingerprint density at radius 3 is 2.79 bits per heavy atom. The summed E-state index contributed by atoms with van der Waals surface area (Å²) in [5.74, 6) is 0.937. The molecule has 0 saturated heterocycles. The van der Waals surface area contributed by atoms with Gasteiger partial charge < -0.3 is 10.8 Å². The molecule has 0 aliphatic carbocycles. The minimum Gasteiger partial charge on any atom is -0.508 e. The summed E-state index contributed by atoms with van der Waals surface area (Å²) in [7, 11) is 0. The van der Waals surface area contributed by atoms with Crippen LogP contribution in [0.25, 0.3) is 0 Å². The van der Waals surface area contributed by atoms with Crippen LogP contribution in [0.3, 0.4) is 0 Å². The van der Waals surface area contributed by atoms with Crippen LogP contribution in [-0.4, -0.2) is 11.7 Å². The van der Waals surface area contributed by atoms with E-state index in [2.05, 4.69) is 6.92 Å². The van der Waals surface area contributed by atoms with Gasteiger partial charge in [-0.15, -0.1) is 0 Å². The van der Waals surface area contributed by atoms with Crippen molar-refractivity contribution in [1.82, 2.24) is 0 Å². The average Bonchev–Trinajstić information content (AvgIpc) is 2.12. The number of hydrogen-bond acceptors (Lipinski definition) is 2. The summed E-state index contributed by atoms with van der Waals surface area (Å²) >= 11 is 0. The Hall–Kier alpha value is -1.02. The monoisotopic (exact) mass is 193 g/mol. The Kier molecular flexibility index (Phi) is 3.96. The molecule has 1 aromatic carbocycles. The second-order valence-electron chi connectivity index (χ2n) is 4.02. The highest BCUT2D eigenvalue weighted by Crippen LogP contribution is 2.22. The van der Waals surface area contributed by atoms with E-state index in [1.54, 1.807) is 6.07 Å². The van der Waals surface area contributed by atoms with Crippen molar-refractivity contribution in [3.63, 3.8) is 0 Å². The van der Waals surface area contributed by atoms with Gasteiger partial charge in [0.2, 0.25) is 0 Å². The van der Waals surface area contributed by atoms with E-state index in [1.165, 1.54) is 5.56 Å². The quantitative estimate of drug-likeness (QED) is 0.770. The van der Waals surface area contributed by atoms with Crippen molar-refractivity contribution in [2.24, 2.45) is 11.7 Å². The van der Waals surface area contributed by atoms with E-state index in [0.29, 0.717) is 18.2 Å². The van der Waals surface area contributed by atoms with E-state index in [0.717, 1.165) is 18.4 Å². The number of rotatable bonds is 4. The number of phenolic OH excluding ortho intramolecular Hbond substituents is 1. The lowest BCUT2D eigenvalue weighted by molar-refractivity contribution is 0.455. The second kappa shape index (κ2) is 5.01. The molecule has 0 aromatic heterocycles. The topological polar surface area (TPSA) is 46.2 Å². The fourth-order valence-corrected chi connectivity index (χ4v) is 1.64. The Balaban J connectivity index is 2.70. The van der Waals surface area contributed by atoms with Crippen molar-refractivity contribution >= 4 is 0 Å². The van der Waals surface area contributed by atoms with Crippen LogP contribution in [0, 0.1) is 12.8 Å². The fourth-order valence-electron chi connectivity index (χ4n) is 1.64. The molecule has 2 heteroatoms. The van der Waals surface area contributed by atoms with Gasteiger partial charge in [0.05, 0.1) is 0 Å². The first-order valence-corrected chi connectivity index (χ1v) is 5.12. The first-order valence-electron chi connectivity index (χ1n) is 5.12. The van der Waals surface area contributed by atoms with Gasteiger partial charge in [-0.25, -0.2) is 0 Å². The van der Waals surface area contributed by atoms with Crippen LogP contribution in [0.15, 0.2) is 18.2 Å². The maximum atomic E-state index is 9.62. The lowest BCUT2D eigenvalue weighted by Crippen LogP contribution is -2.08. The summed E-state index contributed by atoms with van der Waals surface area (Å²) in [6.07, 6.45) is 1.91. The third-order valence-corrected chi connectivity index (χ3v) is 2.46. The first-order chi connectivity index (χ1) is 6.63. The third-order valence-electron chi connectivity index (χ3n) is 2.46. The van der Waals surface area contributed by atoms with Crippen LogP contribution in [0.1, 0.15) is 24.5 Å². The highest BCUT2D eigenvalue weighted by Gasteiger charge is 2.06. The van der Waals surface area contributed by atoms with Crippen LogP contribution < -0.4 is 5.73 Å². The summed E-state index contributed by atoms with van der Waals surface area (Å²) in [6, 6.07) is 5.73. The van der Waals surface area contributed by atoms with Gasteiger partial charge in [-0.1, -0.05) is 24.6 Å². The first kappa shape index (κ1) is 11.1. The minimum atomic E-state index is 0.402. The molecule has 14 heavy (non-hydrogen) atoms. The highest BCUT2D eigenvalue weighted by molar-refractivity contribution is 5.35. The molecule has 1 atom stereocenters. The largest absolute Gasteiger partial charge is 0.508 e. The zero-order valence-corrected chi connectivity index (χ0v) is 8.96. The van der Waals surface area contributed by atoms with Crippen molar-refractivity contribution < 1.29 is 5.11 Å². The maximum absolute atomic E-state index is 9.62. The van der Waals surface area contributed by atoms with Gasteiger partial charge in [0.1, 0.15) is 5.75 Å². The molecule has 78 valence electrons. The minimum absolute atomic E-state index is 0.402. The zero-order chi connectivity index (χ0) is 10.6. The Labute approximate surface area is 85.8 Å².